The fraction of sp³-hybridized carbons (Fsp3) is 0. The molecule has 0 amide bonds. The first kappa shape index (κ1) is 16.9. The molecule has 0 aliphatic rings. The van der Waals surface area contributed by atoms with E-state index in [9.17, 15) is 5.48 Å². The second-order valence-electron chi connectivity index (χ2n) is 11.0. The molecule has 0 spiro atoms. The summed E-state index contributed by atoms with van der Waals surface area (Å²) < 4.78 is 117. The lowest BCUT2D eigenvalue weighted by Crippen LogP contribution is -1.99. The second kappa shape index (κ2) is 11.3. The molecular weight excluding hydrogens is 569 g/mol. The van der Waals surface area contributed by atoms with Gasteiger partial charge in [-0.25, -0.2) is 4.98 Å². The Morgan fingerprint density at radius 3 is 1.64 bits per heavy atom. The van der Waals surface area contributed by atoms with Gasteiger partial charge in [-0.05, 0) is 79.2 Å². The SMILES string of the molecule is [2H]c1c([2H])c([2H])c(-c2ccc(-c3c4c([2H])c([2H])c([2H])c([2H])c4c(-c4ccccc4-c4nc5ccccc5n4-c4ccccc4)c4c([2H])c([2H])c([2H])c([2H])c34)cc2)c([2H])c1[2H]. The molecule has 9 rings (SSSR count). The van der Waals surface area contributed by atoms with Gasteiger partial charge in [-0.3, -0.25) is 4.57 Å². The highest BCUT2D eigenvalue weighted by molar-refractivity contribution is 6.22. The zero-order chi connectivity index (χ0) is 42.5. The number of benzene rings is 8. The minimum atomic E-state index is -0.546. The Bertz CT molecular complexity index is 3180. The van der Waals surface area contributed by atoms with E-state index in [0.29, 0.717) is 28.0 Å². The van der Waals surface area contributed by atoms with Crippen LogP contribution < -0.4 is 0 Å². The highest BCUT2D eigenvalue weighted by Gasteiger charge is 2.22. The predicted octanol–water partition coefficient (Wildman–Crippen LogP) is 12.0. The highest BCUT2D eigenvalue weighted by Crippen LogP contribution is 2.46. The van der Waals surface area contributed by atoms with E-state index in [1.165, 1.54) is 12.1 Å². The number of hydrogen-bond donors (Lipinski definition) is 0. The minimum Gasteiger partial charge on any atom is -0.292 e. The van der Waals surface area contributed by atoms with Crippen LogP contribution in [0.5, 0.6) is 0 Å². The monoisotopic (exact) mass is 611 g/mol. The average molecular weight is 612 g/mol. The van der Waals surface area contributed by atoms with Crippen LogP contribution in [0.3, 0.4) is 0 Å². The molecule has 0 radical (unpaired) electrons. The standard InChI is InChI=1S/C45H30N2/c1-3-15-31(16-4-1)32-27-29-33(30-28-32)43-35-19-7-9-21-37(35)44(38-22-10-8-20-36(38)43)39-23-11-12-24-40(39)45-46-41-25-13-14-26-42(41)47(45)34-17-5-2-6-18-34/h1-30H/i1D,3D,4D,7D,8D,9D,10D,15D,16D,19D,20D,21D,22D. The van der Waals surface area contributed by atoms with Crippen LogP contribution in [-0.2, 0) is 0 Å². The van der Waals surface area contributed by atoms with Gasteiger partial charge >= 0.3 is 0 Å². The first-order chi connectivity index (χ1) is 28.7. The zero-order valence-electron chi connectivity index (χ0n) is 37.7. The summed E-state index contributed by atoms with van der Waals surface area (Å²) >= 11 is 0. The van der Waals surface area contributed by atoms with Crippen molar-refractivity contribution in [3.05, 3.63) is 182 Å². The van der Waals surface area contributed by atoms with Crippen molar-refractivity contribution in [2.75, 3.05) is 0 Å². The molecule has 47 heavy (non-hydrogen) atoms. The van der Waals surface area contributed by atoms with Crippen molar-refractivity contribution in [2.24, 2.45) is 0 Å². The molecule has 0 fully saturated rings. The first-order valence-electron chi connectivity index (χ1n) is 21.5. The second-order valence-corrected chi connectivity index (χ2v) is 11.0. The van der Waals surface area contributed by atoms with E-state index in [-0.39, 0.29) is 43.8 Å². The van der Waals surface area contributed by atoms with E-state index in [1.54, 1.807) is 24.3 Å². The number of para-hydroxylation sites is 3. The molecule has 0 aliphatic carbocycles. The summed E-state index contributed by atoms with van der Waals surface area (Å²) in [6, 6.07) is 24.3. The molecule has 0 N–H and O–H groups in total. The Balaban J connectivity index is 1.44. The number of rotatable bonds is 5. The van der Waals surface area contributed by atoms with Gasteiger partial charge in [0.05, 0.1) is 28.9 Å². The maximum absolute atomic E-state index is 9.46. The maximum atomic E-state index is 9.46. The quantitative estimate of drug-likeness (QED) is 0.177. The lowest BCUT2D eigenvalue weighted by atomic mass is 9.84. The van der Waals surface area contributed by atoms with Crippen LogP contribution in [0, 0.1) is 0 Å². The normalized spacial score (nSPS) is 15.3. The smallest absolute Gasteiger partial charge is 0.146 e. The molecule has 1 heterocycles. The van der Waals surface area contributed by atoms with Crippen molar-refractivity contribution in [1.82, 2.24) is 9.55 Å². The van der Waals surface area contributed by atoms with E-state index in [1.807, 2.05) is 71.3 Å². The molecule has 2 nitrogen and oxygen atoms in total. The van der Waals surface area contributed by atoms with Crippen LogP contribution >= 0.6 is 0 Å². The van der Waals surface area contributed by atoms with E-state index in [0.717, 1.165) is 11.2 Å². The molecule has 2 heteroatoms. The van der Waals surface area contributed by atoms with Crippen LogP contribution in [0.15, 0.2) is 182 Å². The van der Waals surface area contributed by atoms with E-state index in [4.69, 9.17) is 17.3 Å². The van der Waals surface area contributed by atoms with Crippen LogP contribution in [0.4, 0.5) is 0 Å². The average Bonchev–Trinajstić information content (AvgIpc) is 3.66. The van der Waals surface area contributed by atoms with Crippen molar-refractivity contribution in [2.45, 2.75) is 0 Å². The van der Waals surface area contributed by atoms with Gasteiger partial charge in [-0.2, -0.15) is 0 Å². The van der Waals surface area contributed by atoms with Crippen molar-refractivity contribution >= 4 is 32.6 Å². The Labute approximate surface area is 292 Å². The van der Waals surface area contributed by atoms with E-state index >= 15 is 0 Å². The van der Waals surface area contributed by atoms with Gasteiger partial charge in [0.15, 0.2) is 0 Å². The van der Waals surface area contributed by atoms with Crippen LogP contribution in [0.1, 0.15) is 17.8 Å². The van der Waals surface area contributed by atoms with Crippen molar-refractivity contribution in [1.29, 1.82) is 0 Å². The molecule has 0 saturated heterocycles. The van der Waals surface area contributed by atoms with Gasteiger partial charge in [0.2, 0.25) is 0 Å². The molecule has 0 bridgehead atoms. The largest absolute Gasteiger partial charge is 0.292 e. The summed E-state index contributed by atoms with van der Waals surface area (Å²) in [4.78, 5) is 5.08. The minimum absolute atomic E-state index is 0.00968. The van der Waals surface area contributed by atoms with Gasteiger partial charge in [0, 0.05) is 11.3 Å². The Morgan fingerprint density at radius 2 is 0.957 bits per heavy atom. The molecule has 0 saturated carbocycles. The number of aromatic nitrogens is 2. The Hall–Kier alpha value is -6.25. The number of nitrogens with zero attached hydrogens (tertiary/aromatic N) is 2. The molecule has 1 aromatic heterocycles. The fourth-order valence-corrected chi connectivity index (χ4v) is 6.32. The molecule has 220 valence electrons. The molecule has 9 aromatic rings. The van der Waals surface area contributed by atoms with Gasteiger partial charge in [-0.1, -0.05) is 157 Å². The molecule has 0 unspecified atom stereocenters. The lowest BCUT2D eigenvalue weighted by molar-refractivity contribution is 1.10. The Kier molecular flexibility index (Phi) is 4.05. The maximum Gasteiger partial charge on any atom is 0.146 e. The van der Waals surface area contributed by atoms with Crippen LogP contribution in [0.2, 0.25) is 0 Å². The summed E-state index contributed by atoms with van der Waals surface area (Å²) in [5, 5.41) is 0.0713. The fourth-order valence-electron chi connectivity index (χ4n) is 6.32. The number of hydrogen-bond acceptors (Lipinski definition) is 1. The first-order valence-corrected chi connectivity index (χ1v) is 15.0. The third kappa shape index (κ3) is 4.54. The summed E-state index contributed by atoms with van der Waals surface area (Å²) in [7, 11) is 0. The van der Waals surface area contributed by atoms with Gasteiger partial charge < -0.3 is 0 Å². The number of imidazole rings is 1. The number of fused-ring (bicyclic) bond motifs is 3. The zero-order valence-corrected chi connectivity index (χ0v) is 24.7. The van der Waals surface area contributed by atoms with Crippen LogP contribution in [0.25, 0.3) is 83.0 Å². The summed E-state index contributed by atoms with van der Waals surface area (Å²) in [5.41, 5.74) is 4.07. The molecule has 0 aliphatic heterocycles. The highest BCUT2D eigenvalue weighted by atomic mass is 15.1. The molecular formula is C45H30N2. The molecule has 0 atom stereocenters. The third-order valence-electron chi connectivity index (χ3n) is 8.35. The van der Waals surface area contributed by atoms with E-state index < -0.39 is 78.6 Å². The van der Waals surface area contributed by atoms with Gasteiger partial charge in [0.1, 0.15) is 5.82 Å². The summed E-state index contributed by atoms with van der Waals surface area (Å²) in [6.45, 7) is 0. The van der Waals surface area contributed by atoms with E-state index in [2.05, 4.69) is 0 Å². The van der Waals surface area contributed by atoms with Crippen molar-refractivity contribution in [3.63, 3.8) is 0 Å². The van der Waals surface area contributed by atoms with Gasteiger partial charge in [0.25, 0.3) is 0 Å². The predicted molar refractivity (Wildman–Crippen MR) is 198 cm³/mol. The van der Waals surface area contributed by atoms with Crippen molar-refractivity contribution in [3.8, 4) is 50.5 Å². The topological polar surface area (TPSA) is 17.8 Å². The Morgan fingerprint density at radius 1 is 0.426 bits per heavy atom. The third-order valence-corrected chi connectivity index (χ3v) is 8.35. The summed E-state index contributed by atoms with van der Waals surface area (Å²) in [6.07, 6.45) is 0. The van der Waals surface area contributed by atoms with Crippen molar-refractivity contribution < 1.29 is 17.8 Å². The molecule has 8 aromatic carbocycles. The van der Waals surface area contributed by atoms with Crippen LogP contribution in [-0.4, -0.2) is 9.55 Å². The summed E-state index contributed by atoms with van der Waals surface area (Å²) in [5.74, 6) is 0.494. The lowest BCUT2D eigenvalue weighted by Gasteiger charge is -2.20. The van der Waals surface area contributed by atoms with Gasteiger partial charge in [-0.15, -0.1) is 0 Å².